The monoisotopic (exact) mass is 277 g/mol. The summed E-state index contributed by atoms with van der Waals surface area (Å²) in [7, 11) is 0. The number of nitrogens with two attached hydrogens (primary N) is 1. The van der Waals surface area contributed by atoms with Gasteiger partial charge in [-0.15, -0.1) is 0 Å². The first-order chi connectivity index (χ1) is 9.69. The topological polar surface area (TPSA) is 52.3 Å². The Hall–Kier alpha value is -1.51. The number of rotatable bonds is 9. The normalized spacial score (nSPS) is 10.5. The number of carbonyl (C=O) groups excluding carboxylic acids is 1. The lowest BCUT2D eigenvalue weighted by Crippen LogP contribution is -2.17. The molecule has 2 N–H and O–H groups in total. The fourth-order valence-electron chi connectivity index (χ4n) is 2.45. The summed E-state index contributed by atoms with van der Waals surface area (Å²) in [6.07, 6.45) is 8.39. The minimum Gasteiger partial charge on any atom is -0.410 e. The van der Waals surface area contributed by atoms with Crippen molar-refractivity contribution in [3.8, 4) is 5.75 Å². The highest BCUT2D eigenvalue weighted by atomic mass is 16.5. The molecule has 0 atom stereocenters. The Morgan fingerprint density at radius 3 is 2.30 bits per heavy atom. The number of benzene rings is 1. The molecule has 1 rings (SSSR count). The molecule has 112 valence electrons. The Bertz CT molecular complexity index is 415. The third-order valence-electron chi connectivity index (χ3n) is 3.52. The molecule has 0 heterocycles. The lowest BCUT2D eigenvalue weighted by molar-refractivity contribution is 0.210. The van der Waals surface area contributed by atoms with Gasteiger partial charge in [-0.25, -0.2) is 4.79 Å². The number of carbonyl (C=O) groups is 1. The number of aryl methyl sites for hydroxylation is 1. The second-order valence-electron chi connectivity index (χ2n) is 5.23. The van der Waals surface area contributed by atoms with Crippen LogP contribution in [-0.4, -0.2) is 6.09 Å². The summed E-state index contributed by atoms with van der Waals surface area (Å²) in [5.74, 6) is 0.641. The number of unbranched alkanes of at least 4 members (excludes halogenated alkanes) is 4. The van der Waals surface area contributed by atoms with Crippen molar-refractivity contribution in [1.29, 1.82) is 0 Å². The molecule has 0 saturated heterocycles. The molecule has 3 nitrogen and oxygen atoms in total. The first kappa shape index (κ1) is 16.5. The zero-order valence-electron chi connectivity index (χ0n) is 12.8. The van der Waals surface area contributed by atoms with Gasteiger partial charge in [0.15, 0.2) is 0 Å². The van der Waals surface area contributed by atoms with Gasteiger partial charge in [0.25, 0.3) is 0 Å². The first-order valence-electron chi connectivity index (χ1n) is 7.77. The molecule has 0 saturated carbocycles. The van der Waals surface area contributed by atoms with Crippen LogP contribution in [0.2, 0.25) is 0 Å². The van der Waals surface area contributed by atoms with Crippen molar-refractivity contribution in [2.75, 3.05) is 0 Å². The molecule has 0 radical (unpaired) electrons. The van der Waals surface area contributed by atoms with Crippen molar-refractivity contribution in [3.63, 3.8) is 0 Å². The highest BCUT2D eigenvalue weighted by Gasteiger charge is 2.11. The van der Waals surface area contributed by atoms with Crippen molar-refractivity contribution >= 4 is 6.09 Å². The second-order valence-corrected chi connectivity index (χ2v) is 5.23. The third kappa shape index (κ3) is 5.64. The van der Waals surface area contributed by atoms with Gasteiger partial charge in [-0.05, 0) is 42.9 Å². The lowest BCUT2D eigenvalue weighted by atomic mass is 9.96. The molecule has 1 aromatic carbocycles. The summed E-state index contributed by atoms with van der Waals surface area (Å²) in [4.78, 5) is 11.0. The second kappa shape index (κ2) is 9.40. The molecule has 0 spiro atoms. The van der Waals surface area contributed by atoms with Crippen molar-refractivity contribution in [2.45, 2.75) is 65.2 Å². The van der Waals surface area contributed by atoms with E-state index in [1.165, 1.54) is 37.7 Å². The van der Waals surface area contributed by atoms with Crippen LogP contribution in [0.1, 0.15) is 63.5 Å². The van der Waals surface area contributed by atoms with Gasteiger partial charge in [-0.1, -0.05) is 51.7 Å². The molecule has 3 heteroatoms. The average Bonchev–Trinajstić information content (AvgIpc) is 2.41. The summed E-state index contributed by atoms with van der Waals surface area (Å²) in [5.41, 5.74) is 7.62. The Balaban J connectivity index is 2.85. The lowest BCUT2D eigenvalue weighted by Gasteiger charge is -2.14. The van der Waals surface area contributed by atoms with Gasteiger partial charge in [-0.2, -0.15) is 0 Å². The molecule has 0 aliphatic heterocycles. The molecule has 0 fully saturated rings. The van der Waals surface area contributed by atoms with Gasteiger partial charge >= 0.3 is 6.09 Å². The van der Waals surface area contributed by atoms with Gasteiger partial charge < -0.3 is 10.5 Å². The maximum absolute atomic E-state index is 11.0. The van der Waals surface area contributed by atoms with E-state index >= 15 is 0 Å². The summed E-state index contributed by atoms with van der Waals surface area (Å²) in [6.45, 7) is 4.39. The Labute approximate surface area is 122 Å². The van der Waals surface area contributed by atoms with E-state index in [0.29, 0.717) is 5.75 Å². The molecule has 1 amide bonds. The maximum atomic E-state index is 11.0. The Morgan fingerprint density at radius 2 is 1.70 bits per heavy atom. The first-order valence-corrected chi connectivity index (χ1v) is 7.77. The van der Waals surface area contributed by atoms with Gasteiger partial charge in [0.05, 0.1) is 0 Å². The van der Waals surface area contributed by atoms with E-state index in [4.69, 9.17) is 10.5 Å². The average molecular weight is 277 g/mol. The Morgan fingerprint density at radius 1 is 1.05 bits per heavy atom. The molecule has 0 aromatic heterocycles. The molecule has 0 unspecified atom stereocenters. The van der Waals surface area contributed by atoms with Crippen molar-refractivity contribution in [2.24, 2.45) is 5.73 Å². The van der Waals surface area contributed by atoms with Crippen LogP contribution in [0.5, 0.6) is 5.75 Å². The standard InChI is InChI=1S/C17H27NO2/c1-3-5-7-10-14-11-9-13-16(20-17(18)19)15(14)12-8-6-4-2/h9,11,13H,3-8,10,12H2,1-2H3,(H2,18,19). The van der Waals surface area contributed by atoms with Gasteiger partial charge in [0.1, 0.15) is 5.75 Å². The Kier molecular flexibility index (Phi) is 7.78. The molecule has 20 heavy (non-hydrogen) atoms. The van der Waals surface area contributed by atoms with Gasteiger partial charge in [0, 0.05) is 0 Å². The van der Waals surface area contributed by atoms with Gasteiger partial charge in [0.2, 0.25) is 0 Å². The van der Waals surface area contributed by atoms with E-state index in [-0.39, 0.29) is 0 Å². The highest BCUT2D eigenvalue weighted by molar-refractivity contribution is 5.68. The smallest absolute Gasteiger partial charge is 0.409 e. The number of primary amides is 1. The van der Waals surface area contributed by atoms with Crippen LogP contribution in [0.3, 0.4) is 0 Å². The fraction of sp³-hybridized carbons (Fsp3) is 0.588. The van der Waals surface area contributed by atoms with Crippen LogP contribution in [-0.2, 0) is 12.8 Å². The minimum absolute atomic E-state index is 0.641. The quantitative estimate of drug-likeness (QED) is 0.670. The maximum Gasteiger partial charge on any atom is 0.409 e. The molecule has 1 aromatic rings. The number of amides is 1. The summed E-state index contributed by atoms with van der Waals surface area (Å²) in [5, 5.41) is 0. The summed E-state index contributed by atoms with van der Waals surface area (Å²) in [6, 6.07) is 5.93. The third-order valence-corrected chi connectivity index (χ3v) is 3.52. The SMILES string of the molecule is CCCCCc1cccc(OC(N)=O)c1CCCCC. The predicted molar refractivity (Wildman–Crippen MR) is 83.1 cm³/mol. The van der Waals surface area contributed by atoms with E-state index in [2.05, 4.69) is 19.9 Å². The number of hydrogen-bond acceptors (Lipinski definition) is 2. The minimum atomic E-state index is -0.729. The van der Waals surface area contributed by atoms with Crippen molar-refractivity contribution < 1.29 is 9.53 Å². The molecule has 0 aliphatic carbocycles. The van der Waals surface area contributed by atoms with Crippen LogP contribution >= 0.6 is 0 Å². The van der Waals surface area contributed by atoms with Crippen molar-refractivity contribution in [1.82, 2.24) is 0 Å². The predicted octanol–water partition coefficient (Wildman–Crippen LogP) is 4.61. The van der Waals surface area contributed by atoms with E-state index in [1.54, 1.807) is 0 Å². The van der Waals surface area contributed by atoms with E-state index in [1.807, 2.05) is 12.1 Å². The molecule has 0 aliphatic rings. The van der Waals surface area contributed by atoms with E-state index < -0.39 is 6.09 Å². The zero-order valence-corrected chi connectivity index (χ0v) is 12.8. The highest BCUT2D eigenvalue weighted by Crippen LogP contribution is 2.26. The molecule has 0 bridgehead atoms. The van der Waals surface area contributed by atoms with E-state index in [0.717, 1.165) is 24.8 Å². The van der Waals surface area contributed by atoms with E-state index in [9.17, 15) is 4.79 Å². The van der Waals surface area contributed by atoms with Crippen LogP contribution in [0.25, 0.3) is 0 Å². The number of ether oxygens (including phenoxy) is 1. The van der Waals surface area contributed by atoms with Crippen LogP contribution in [0.15, 0.2) is 18.2 Å². The largest absolute Gasteiger partial charge is 0.410 e. The van der Waals surface area contributed by atoms with Crippen LogP contribution in [0.4, 0.5) is 4.79 Å². The molecular weight excluding hydrogens is 250 g/mol. The summed E-state index contributed by atoms with van der Waals surface area (Å²) >= 11 is 0. The van der Waals surface area contributed by atoms with Crippen molar-refractivity contribution in [3.05, 3.63) is 29.3 Å². The fourth-order valence-corrected chi connectivity index (χ4v) is 2.45. The zero-order chi connectivity index (χ0) is 14.8. The summed E-state index contributed by atoms with van der Waals surface area (Å²) < 4.78 is 5.16. The molecular formula is C17H27NO2. The number of hydrogen-bond donors (Lipinski definition) is 1. The van der Waals surface area contributed by atoms with Crippen LogP contribution in [0, 0.1) is 0 Å². The van der Waals surface area contributed by atoms with Crippen LogP contribution < -0.4 is 10.5 Å². The van der Waals surface area contributed by atoms with Gasteiger partial charge in [-0.3, -0.25) is 0 Å².